The minimum Gasteiger partial charge on any atom is -0.379 e. The molecule has 0 amide bonds. The van der Waals surface area contributed by atoms with Gasteiger partial charge in [0, 0.05) is 19.2 Å². The Labute approximate surface area is 124 Å². The summed E-state index contributed by atoms with van der Waals surface area (Å²) in [7, 11) is 0. The summed E-state index contributed by atoms with van der Waals surface area (Å²) in [4.78, 5) is 18.3. The lowest BCUT2D eigenvalue weighted by Crippen LogP contribution is -2.28. The Morgan fingerprint density at radius 2 is 2.32 bits per heavy atom. The SMILES string of the molecule is CC(Cc1nc(NC2CCOC2)c(C=N)c(=O)[nH]1)C(F)(F)F. The van der Waals surface area contributed by atoms with Crippen LogP contribution < -0.4 is 10.9 Å². The van der Waals surface area contributed by atoms with Gasteiger partial charge < -0.3 is 20.4 Å². The Kier molecular flexibility index (Phi) is 4.84. The molecule has 1 aromatic heterocycles. The molecule has 2 heterocycles. The van der Waals surface area contributed by atoms with Crippen LogP contribution in [-0.2, 0) is 11.2 Å². The molecule has 9 heteroatoms. The molecular formula is C13H17F3N4O2. The quantitative estimate of drug-likeness (QED) is 0.721. The Morgan fingerprint density at radius 3 is 2.86 bits per heavy atom. The monoisotopic (exact) mass is 318 g/mol. The van der Waals surface area contributed by atoms with Crippen molar-refractivity contribution in [1.29, 1.82) is 5.41 Å². The van der Waals surface area contributed by atoms with Gasteiger partial charge in [-0.15, -0.1) is 0 Å². The zero-order chi connectivity index (χ0) is 16.3. The molecule has 0 saturated carbocycles. The highest BCUT2D eigenvalue weighted by Gasteiger charge is 2.36. The van der Waals surface area contributed by atoms with Crippen molar-refractivity contribution in [1.82, 2.24) is 9.97 Å². The molecule has 1 saturated heterocycles. The van der Waals surface area contributed by atoms with E-state index >= 15 is 0 Å². The van der Waals surface area contributed by atoms with E-state index in [1.54, 1.807) is 0 Å². The lowest BCUT2D eigenvalue weighted by molar-refractivity contribution is -0.169. The number of aromatic amines is 1. The van der Waals surface area contributed by atoms with Crippen LogP contribution in [0.4, 0.5) is 19.0 Å². The van der Waals surface area contributed by atoms with Crippen molar-refractivity contribution in [2.45, 2.75) is 32.0 Å². The molecule has 0 spiro atoms. The maximum absolute atomic E-state index is 12.6. The molecule has 2 atom stereocenters. The third-order valence-corrected chi connectivity index (χ3v) is 3.48. The third-order valence-electron chi connectivity index (χ3n) is 3.48. The number of H-pyrrole nitrogens is 1. The highest BCUT2D eigenvalue weighted by molar-refractivity contribution is 5.83. The van der Waals surface area contributed by atoms with Gasteiger partial charge in [0.1, 0.15) is 11.6 Å². The molecule has 22 heavy (non-hydrogen) atoms. The van der Waals surface area contributed by atoms with Gasteiger partial charge in [-0.25, -0.2) is 4.98 Å². The van der Waals surface area contributed by atoms with E-state index in [2.05, 4.69) is 15.3 Å². The number of nitrogens with zero attached hydrogens (tertiary/aromatic N) is 1. The van der Waals surface area contributed by atoms with E-state index in [-0.39, 0.29) is 23.2 Å². The number of hydrogen-bond donors (Lipinski definition) is 3. The fraction of sp³-hybridized carbons (Fsp3) is 0.615. The summed E-state index contributed by atoms with van der Waals surface area (Å²) < 4.78 is 43.1. The topological polar surface area (TPSA) is 90.9 Å². The number of hydrogen-bond acceptors (Lipinski definition) is 5. The first kappa shape index (κ1) is 16.5. The number of alkyl halides is 3. The van der Waals surface area contributed by atoms with Gasteiger partial charge in [-0.05, 0) is 6.42 Å². The first-order valence-electron chi connectivity index (χ1n) is 6.86. The molecule has 0 aromatic carbocycles. The number of ether oxygens (including phenoxy) is 1. The molecule has 0 aliphatic carbocycles. The lowest BCUT2D eigenvalue weighted by Gasteiger charge is -2.17. The summed E-state index contributed by atoms with van der Waals surface area (Å²) in [6.45, 7) is 2.03. The van der Waals surface area contributed by atoms with Crippen molar-refractivity contribution < 1.29 is 17.9 Å². The van der Waals surface area contributed by atoms with Crippen LogP contribution in [0.15, 0.2) is 4.79 Å². The molecular weight excluding hydrogens is 301 g/mol. The second-order valence-corrected chi connectivity index (χ2v) is 5.27. The normalized spacial score (nSPS) is 19.9. The number of halogens is 3. The van der Waals surface area contributed by atoms with Gasteiger partial charge in [-0.1, -0.05) is 6.92 Å². The van der Waals surface area contributed by atoms with E-state index in [4.69, 9.17) is 10.1 Å². The van der Waals surface area contributed by atoms with Gasteiger partial charge >= 0.3 is 6.18 Å². The minimum atomic E-state index is -4.36. The fourth-order valence-corrected chi connectivity index (χ4v) is 2.12. The van der Waals surface area contributed by atoms with Gasteiger partial charge in [0.2, 0.25) is 0 Å². The van der Waals surface area contributed by atoms with Crippen molar-refractivity contribution in [3.8, 4) is 0 Å². The first-order chi connectivity index (χ1) is 10.3. The van der Waals surface area contributed by atoms with Gasteiger partial charge in [-0.2, -0.15) is 13.2 Å². The Hall–Kier alpha value is -1.90. The van der Waals surface area contributed by atoms with Crippen LogP contribution in [-0.4, -0.2) is 41.6 Å². The average molecular weight is 318 g/mol. The smallest absolute Gasteiger partial charge is 0.379 e. The Bertz CT molecular complexity index is 594. The van der Waals surface area contributed by atoms with E-state index in [0.717, 1.165) is 13.1 Å². The predicted molar refractivity (Wildman–Crippen MR) is 74.5 cm³/mol. The molecule has 1 aliphatic rings. The molecule has 6 nitrogen and oxygen atoms in total. The number of aromatic nitrogens is 2. The standard InChI is InChI=1S/C13H17F3N4O2/c1-7(13(14,15)16)4-10-19-11(9(5-17)12(21)20-10)18-8-2-3-22-6-8/h5,7-8,17H,2-4,6H2,1H3,(H2,18,19,20,21). The molecule has 122 valence electrons. The second kappa shape index (κ2) is 6.47. The molecule has 3 N–H and O–H groups in total. The molecule has 2 unspecified atom stereocenters. The lowest BCUT2D eigenvalue weighted by atomic mass is 10.1. The molecule has 0 bridgehead atoms. The highest BCUT2D eigenvalue weighted by Crippen LogP contribution is 2.28. The third kappa shape index (κ3) is 3.85. The fourth-order valence-electron chi connectivity index (χ4n) is 2.12. The Balaban J connectivity index is 2.26. The maximum atomic E-state index is 12.6. The van der Waals surface area contributed by atoms with Gasteiger partial charge in [0.05, 0.1) is 24.1 Å². The van der Waals surface area contributed by atoms with Crippen molar-refractivity contribution in [3.05, 3.63) is 21.7 Å². The van der Waals surface area contributed by atoms with E-state index in [1.165, 1.54) is 0 Å². The van der Waals surface area contributed by atoms with Gasteiger partial charge in [-0.3, -0.25) is 4.79 Å². The Morgan fingerprint density at radius 1 is 1.59 bits per heavy atom. The number of rotatable bonds is 5. The van der Waals surface area contributed by atoms with Crippen molar-refractivity contribution in [2.24, 2.45) is 5.92 Å². The summed E-state index contributed by atoms with van der Waals surface area (Å²) in [5.74, 6) is -1.55. The van der Waals surface area contributed by atoms with E-state index in [1.807, 2.05) is 0 Å². The summed E-state index contributed by atoms with van der Waals surface area (Å²) in [5, 5.41) is 10.2. The van der Waals surface area contributed by atoms with Gasteiger partial charge in [0.15, 0.2) is 0 Å². The zero-order valence-corrected chi connectivity index (χ0v) is 12.0. The van der Waals surface area contributed by atoms with Crippen LogP contribution in [0, 0.1) is 11.3 Å². The molecule has 0 radical (unpaired) electrons. The minimum absolute atomic E-state index is 0.00434. The summed E-state index contributed by atoms with van der Waals surface area (Å²) in [6, 6.07) is -0.0686. The van der Waals surface area contributed by atoms with E-state index < -0.39 is 24.1 Å². The van der Waals surface area contributed by atoms with Crippen molar-refractivity contribution in [2.75, 3.05) is 18.5 Å². The van der Waals surface area contributed by atoms with Crippen molar-refractivity contribution in [3.63, 3.8) is 0 Å². The van der Waals surface area contributed by atoms with Gasteiger partial charge in [0.25, 0.3) is 5.56 Å². The molecule has 2 rings (SSSR count). The summed E-state index contributed by atoms with van der Waals surface area (Å²) >= 11 is 0. The predicted octanol–water partition coefficient (Wildman–Crippen LogP) is 1.71. The number of nitrogens with one attached hydrogen (secondary N) is 3. The largest absolute Gasteiger partial charge is 0.391 e. The van der Waals surface area contributed by atoms with E-state index in [0.29, 0.717) is 19.6 Å². The maximum Gasteiger partial charge on any atom is 0.391 e. The van der Waals surface area contributed by atoms with Crippen molar-refractivity contribution >= 4 is 12.0 Å². The van der Waals surface area contributed by atoms with Crippen LogP contribution >= 0.6 is 0 Å². The summed E-state index contributed by atoms with van der Waals surface area (Å²) in [6.07, 6.45) is -3.24. The van der Waals surface area contributed by atoms with E-state index in [9.17, 15) is 18.0 Å². The van der Waals surface area contributed by atoms with Crippen LogP contribution in [0.2, 0.25) is 0 Å². The highest BCUT2D eigenvalue weighted by atomic mass is 19.4. The number of anilines is 1. The molecule has 1 fully saturated rings. The van der Waals surface area contributed by atoms with Crippen LogP contribution in [0.3, 0.4) is 0 Å². The second-order valence-electron chi connectivity index (χ2n) is 5.27. The average Bonchev–Trinajstić information content (AvgIpc) is 2.90. The summed E-state index contributed by atoms with van der Waals surface area (Å²) in [5.41, 5.74) is -0.633. The molecule has 1 aliphatic heterocycles. The zero-order valence-electron chi connectivity index (χ0n) is 12.0. The van der Waals surface area contributed by atoms with Crippen LogP contribution in [0.25, 0.3) is 0 Å². The molecule has 1 aromatic rings. The van der Waals surface area contributed by atoms with Crippen LogP contribution in [0.5, 0.6) is 0 Å². The van der Waals surface area contributed by atoms with Crippen LogP contribution in [0.1, 0.15) is 24.7 Å². The first-order valence-corrected chi connectivity index (χ1v) is 6.86.